The van der Waals surface area contributed by atoms with Crippen LogP contribution in [0.1, 0.15) is 61.3 Å². The van der Waals surface area contributed by atoms with Crippen molar-refractivity contribution in [3.05, 3.63) is 40.1 Å². The highest BCUT2D eigenvalue weighted by Gasteiger charge is 2.33. The second-order valence-corrected chi connectivity index (χ2v) is 6.35. The van der Waals surface area contributed by atoms with Gasteiger partial charge in [-0.05, 0) is 43.9 Å². The lowest BCUT2D eigenvalue weighted by Gasteiger charge is -2.13. The minimum absolute atomic E-state index is 0.0270. The Labute approximate surface area is 127 Å². The molecule has 0 saturated heterocycles. The number of Topliss-reactive ketones (excluding diaryl/α,β-unsaturated/α-hetero) is 1. The van der Waals surface area contributed by atoms with Gasteiger partial charge in [-0.2, -0.15) is 0 Å². The number of unbranched alkanes of at least 4 members (excludes halogenated alkanes) is 2. The normalized spacial score (nSPS) is 18.7. The van der Waals surface area contributed by atoms with E-state index in [9.17, 15) is 9.90 Å². The quantitative estimate of drug-likeness (QED) is 0.769. The summed E-state index contributed by atoms with van der Waals surface area (Å²) < 4.78 is 0. The van der Waals surface area contributed by atoms with Gasteiger partial charge in [0, 0.05) is 12.3 Å². The van der Waals surface area contributed by atoms with Gasteiger partial charge in [-0.15, -0.1) is 0 Å². The number of aliphatic hydroxyl groups is 1. The van der Waals surface area contributed by atoms with Crippen molar-refractivity contribution >= 4 is 11.4 Å². The molecule has 2 nitrogen and oxygen atoms in total. The zero-order valence-electron chi connectivity index (χ0n) is 13.6. The molecule has 2 rings (SSSR count). The van der Waals surface area contributed by atoms with Crippen LogP contribution in [-0.4, -0.2) is 10.9 Å². The molecule has 114 valence electrons. The largest absolute Gasteiger partial charge is 0.511 e. The summed E-state index contributed by atoms with van der Waals surface area (Å²) in [5.41, 5.74) is 4.87. The Kier molecular flexibility index (Phi) is 4.87. The summed E-state index contributed by atoms with van der Waals surface area (Å²) in [5.74, 6) is 0.453. The highest BCUT2D eigenvalue weighted by Crippen LogP contribution is 2.39. The molecular formula is C19H26O2. The molecule has 0 spiro atoms. The molecule has 2 heteroatoms. The standard InChI is InChI=1S/C19H26O2/c1-5-6-7-8-15-11-16(20)18(19(15)21)17-13(3)9-12(2)10-14(17)4/h9-10,15,21H,5-8,11H2,1-4H3. The Morgan fingerprint density at radius 1 is 1.14 bits per heavy atom. The predicted octanol–water partition coefficient (Wildman–Crippen LogP) is 5.05. The van der Waals surface area contributed by atoms with Crippen molar-refractivity contribution < 1.29 is 9.90 Å². The van der Waals surface area contributed by atoms with Crippen LogP contribution in [0.4, 0.5) is 0 Å². The molecule has 21 heavy (non-hydrogen) atoms. The molecule has 1 aliphatic carbocycles. The maximum Gasteiger partial charge on any atom is 0.167 e. The average molecular weight is 286 g/mol. The van der Waals surface area contributed by atoms with Crippen molar-refractivity contribution in [1.82, 2.24) is 0 Å². The van der Waals surface area contributed by atoms with Gasteiger partial charge in [0.25, 0.3) is 0 Å². The van der Waals surface area contributed by atoms with Gasteiger partial charge in [0.2, 0.25) is 0 Å². The van der Waals surface area contributed by atoms with E-state index < -0.39 is 0 Å². The number of aliphatic hydroxyl groups excluding tert-OH is 1. The number of carbonyl (C=O) groups is 1. The molecule has 1 atom stereocenters. The van der Waals surface area contributed by atoms with Crippen molar-refractivity contribution in [2.24, 2.45) is 5.92 Å². The van der Waals surface area contributed by atoms with Gasteiger partial charge in [0.05, 0.1) is 5.57 Å². The lowest BCUT2D eigenvalue weighted by atomic mass is 9.92. The fourth-order valence-electron chi connectivity index (χ4n) is 3.49. The molecule has 0 radical (unpaired) electrons. The van der Waals surface area contributed by atoms with Gasteiger partial charge in [-0.25, -0.2) is 0 Å². The molecule has 0 fully saturated rings. The number of hydrogen-bond donors (Lipinski definition) is 1. The average Bonchev–Trinajstić information content (AvgIpc) is 2.66. The van der Waals surface area contributed by atoms with E-state index in [-0.39, 0.29) is 11.7 Å². The van der Waals surface area contributed by atoms with Crippen molar-refractivity contribution in [3.63, 3.8) is 0 Å². The molecule has 1 aliphatic rings. The van der Waals surface area contributed by atoms with E-state index in [2.05, 4.69) is 26.0 Å². The van der Waals surface area contributed by atoms with Gasteiger partial charge in [0.1, 0.15) is 5.76 Å². The second kappa shape index (κ2) is 6.46. The number of benzene rings is 1. The maximum absolute atomic E-state index is 12.4. The highest BCUT2D eigenvalue weighted by molar-refractivity contribution is 6.24. The highest BCUT2D eigenvalue weighted by atomic mass is 16.3. The minimum atomic E-state index is 0.0270. The van der Waals surface area contributed by atoms with E-state index in [0.29, 0.717) is 17.8 Å². The molecule has 1 aromatic rings. The number of ketones is 1. The number of allylic oxidation sites excluding steroid dienone is 2. The first-order valence-corrected chi connectivity index (χ1v) is 8.00. The predicted molar refractivity (Wildman–Crippen MR) is 87.5 cm³/mol. The lowest BCUT2D eigenvalue weighted by Crippen LogP contribution is -2.01. The van der Waals surface area contributed by atoms with E-state index in [4.69, 9.17) is 0 Å². The topological polar surface area (TPSA) is 37.3 Å². The van der Waals surface area contributed by atoms with Gasteiger partial charge < -0.3 is 5.11 Å². The summed E-state index contributed by atoms with van der Waals surface area (Å²) in [6, 6.07) is 4.17. The minimum Gasteiger partial charge on any atom is -0.511 e. The van der Waals surface area contributed by atoms with Gasteiger partial charge >= 0.3 is 0 Å². The number of carbonyl (C=O) groups excluding carboxylic acids is 1. The van der Waals surface area contributed by atoms with Crippen LogP contribution in [0.3, 0.4) is 0 Å². The molecule has 0 aliphatic heterocycles. The number of hydrogen-bond acceptors (Lipinski definition) is 2. The first kappa shape index (κ1) is 15.8. The van der Waals surface area contributed by atoms with Crippen LogP contribution in [0.15, 0.2) is 17.9 Å². The Hall–Kier alpha value is -1.57. The zero-order valence-corrected chi connectivity index (χ0v) is 13.6. The van der Waals surface area contributed by atoms with Crippen molar-refractivity contribution in [1.29, 1.82) is 0 Å². The second-order valence-electron chi connectivity index (χ2n) is 6.35. The monoisotopic (exact) mass is 286 g/mol. The van der Waals surface area contributed by atoms with E-state index in [0.717, 1.165) is 42.4 Å². The summed E-state index contributed by atoms with van der Waals surface area (Å²) >= 11 is 0. The maximum atomic E-state index is 12.4. The molecule has 1 N–H and O–H groups in total. The first-order valence-electron chi connectivity index (χ1n) is 8.00. The van der Waals surface area contributed by atoms with Gasteiger partial charge in [0.15, 0.2) is 5.78 Å². The number of aryl methyl sites for hydroxylation is 3. The Balaban J connectivity index is 2.36. The van der Waals surface area contributed by atoms with Gasteiger partial charge in [-0.3, -0.25) is 4.79 Å². The van der Waals surface area contributed by atoms with E-state index in [1.165, 1.54) is 5.56 Å². The lowest BCUT2D eigenvalue weighted by molar-refractivity contribution is -0.113. The van der Waals surface area contributed by atoms with Crippen LogP contribution in [0.5, 0.6) is 0 Å². The summed E-state index contributed by atoms with van der Waals surface area (Å²) in [4.78, 5) is 12.4. The summed E-state index contributed by atoms with van der Waals surface area (Å²) in [6.45, 7) is 8.27. The van der Waals surface area contributed by atoms with Crippen LogP contribution in [0, 0.1) is 26.7 Å². The Morgan fingerprint density at radius 3 is 2.33 bits per heavy atom. The third-order valence-corrected chi connectivity index (χ3v) is 4.44. The number of rotatable bonds is 5. The summed E-state index contributed by atoms with van der Waals surface area (Å²) in [6.07, 6.45) is 4.79. The van der Waals surface area contributed by atoms with Crippen LogP contribution < -0.4 is 0 Å². The smallest absolute Gasteiger partial charge is 0.167 e. The third kappa shape index (κ3) is 3.20. The third-order valence-electron chi connectivity index (χ3n) is 4.44. The molecule has 0 heterocycles. The first-order chi connectivity index (χ1) is 9.95. The molecule has 0 amide bonds. The SMILES string of the molecule is CCCCCC1CC(=O)C(c2c(C)cc(C)cc2C)=C1O. The van der Waals surface area contributed by atoms with E-state index in [1.54, 1.807) is 0 Å². The molecule has 0 bridgehead atoms. The van der Waals surface area contributed by atoms with Crippen molar-refractivity contribution in [3.8, 4) is 0 Å². The Morgan fingerprint density at radius 2 is 1.76 bits per heavy atom. The summed E-state index contributed by atoms with van der Waals surface area (Å²) in [5, 5.41) is 10.5. The fourth-order valence-corrected chi connectivity index (χ4v) is 3.49. The molecule has 0 aromatic heterocycles. The molecule has 1 aromatic carbocycles. The molecule has 1 unspecified atom stereocenters. The van der Waals surface area contributed by atoms with Gasteiger partial charge in [-0.1, -0.05) is 43.9 Å². The van der Waals surface area contributed by atoms with Crippen LogP contribution in [-0.2, 0) is 4.79 Å². The molecule has 0 saturated carbocycles. The van der Waals surface area contributed by atoms with E-state index in [1.807, 2.05) is 13.8 Å². The van der Waals surface area contributed by atoms with Crippen LogP contribution >= 0.6 is 0 Å². The van der Waals surface area contributed by atoms with Crippen molar-refractivity contribution in [2.75, 3.05) is 0 Å². The fraction of sp³-hybridized carbons (Fsp3) is 0.526. The Bertz CT molecular complexity index is 558. The van der Waals surface area contributed by atoms with E-state index >= 15 is 0 Å². The van der Waals surface area contributed by atoms with Crippen LogP contribution in [0.2, 0.25) is 0 Å². The van der Waals surface area contributed by atoms with Crippen LogP contribution in [0.25, 0.3) is 5.57 Å². The summed E-state index contributed by atoms with van der Waals surface area (Å²) in [7, 11) is 0. The van der Waals surface area contributed by atoms with Crippen molar-refractivity contribution in [2.45, 2.75) is 59.8 Å². The zero-order chi connectivity index (χ0) is 15.6. The molecular weight excluding hydrogens is 260 g/mol.